The van der Waals surface area contributed by atoms with Crippen LogP contribution in [0.1, 0.15) is 19.4 Å². The van der Waals surface area contributed by atoms with Crippen LogP contribution >= 0.6 is 11.8 Å². The number of carbonyl (C=O) groups excluding carboxylic acids is 1. The van der Waals surface area contributed by atoms with Gasteiger partial charge in [-0.15, -0.1) is 6.58 Å². The molecule has 3 rings (SSSR count). The number of nitrogens with zero attached hydrogens (tertiary/aromatic N) is 2. The molecule has 32 heavy (non-hydrogen) atoms. The summed E-state index contributed by atoms with van der Waals surface area (Å²) in [4.78, 5) is 30.5. The number of amides is 1. The summed E-state index contributed by atoms with van der Waals surface area (Å²) in [6, 6.07) is 11.7. The predicted molar refractivity (Wildman–Crippen MR) is 121 cm³/mol. The summed E-state index contributed by atoms with van der Waals surface area (Å²) in [6.45, 7) is 7.42. The molecule has 0 spiro atoms. The molecule has 0 bridgehead atoms. The summed E-state index contributed by atoms with van der Waals surface area (Å²) in [5, 5.41) is 2.35. The van der Waals surface area contributed by atoms with Gasteiger partial charge in [-0.25, -0.2) is 4.98 Å². The monoisotopic (exact) mass is 461 g/mol. The summed E-state index contributed by atoms with van der Waals surface area (Å²) in [7, 11) is 0. The Kier molecular flexibility index (Phi) is 7.08. The first-order chi connectivity index (χ1) is 15.1. The van der Waals surface area contributed by atoms with Crippen molar-refractivity contribution in [2.24, 2.45) is 5.92 Å². The lowest BCUT2D eigenvalue weighted by Gasteiger charge is -2.22. The molecule has 1 atom stereocenters. The average molecular weight is 462 g/mol. The number of para-hydroxylation sites is 2. The van der Waals surface area contributed by atoms with E-state index < -0.39 is 22.9 Å². The maximum absolute atomic E-state index is 13.3. The Labute approximate surface area is 187 Å². The number of nitrogens with one attached hydrogen (secondary N) is 1. The van der Waals surface area contributed by atoms with Crippen LogP contribution in [0.25, 0.3) is 10.9 Å². The number of carbonyl (C=O) groups is 1. The van der Waals surface area contributed by atoms with Crippen molar-refractivity contribution < 1.29 is 18.0 Å². The molecule has 0 aliphatic carbocycles. The zero-order valence-electron chi connectivity index (χ0n) is 17.5. The first-order valence-electron chi connectivity index (χ1n) is 9.87. The van der Waals surface area contributed by atoms with Crippen LogP contribution in [0.3, 0.4) is 0 Å². The number of fused-ring (bicyclic) bond motifs is 1. The van der Waals surface area contributed by atoms with Crippen molar-refractivity contribution in [3.05, 3.63) is 77.1 Å². The molecule has 0 saturated heterocycles. The van der Waals surface area contributed by atoms with Gasteiger partial charge < -0.3 is 5.32 Å². The number of hydrogen-bond donors (Lipinski definition) is 1. The molecule has 1 unspecified atom stereocenters. The highest BCUT2D eigenvalue weighted by atomic mass is 32.2. The molecular weight excluding hydrogens is 439 g/mol. The van der Waals surface area contributed by atoms with Gasteiger partial charge in [-0.3, -0.25) is 14.2 Å². The van der Waals surface area contributed by atoms with Crippen molar-refractivity contribution in [1.82, 2.24) is 9.55 Å². The molecule has 0 radical (unpaired) electrons. The third kappa shape index (κ3) is 5.04. The molecule has 5 nitrogen and oxygen atoms in total. The molecule has 3 aromatic rings. The standard InChI is InChI=1S/C23H22F3N3O2S/c1-4-13-29-21(31)15-9-5-7-11-17(15)28-22(29)32-19(14(2)3)20(30)27-18-12-8-6-10-16(18)23(24,25)26/h4-12,14,19H,1,13H2,2-3H3,(H,27,30). The van der Waals surface area contributed by atoms with E-state index in [2.05, 4.69) is 16.9 Å². The van der Waals surface area contributed by atoms with Gasteiger partial charge in [0.25, 0.3) is 5.56 Å². The van der Waals surface area contributed by atoms with Crippen LogP contribution in [0.5, 0.6) is 0 Å². The zero-order valence-corrected chi connectivity index (χ0v) is 18.3. The summed E-state index contributed by atoms with van der Waals surface area (Å²) in [5.41, 5.74) is -1.03. The zero-order chi connectivity index (χ0) is 23.5. The van der Waals surface area contributed by atoms with E-state index in [4.69, 9.17) is 0 Å². The summed E-state index contributed by atoms with van der Waals surface area (Å²) < 4.78 is 41.4. The Bertz CT molecular complexity index is 1210. The highest BCUT2D eigenvalue weighted by Gasteiger charge is 2.35. The van der Waals surface area contributed by atoms with E-state index in [0.29, 0.717) is 16.1 Å². The Balaban J connectivity index is 1.98. The molecule has 0 fully saturated rings. The van der Waals surface area contributed by atoms with Crippen LogP contribution in [0.15, 0.2) is 71.1 Å². The number of aromatic nitrogens is 2. The van der Waals surface area contributed by atoms with Crippen LogP contribution in [-0.2, 0) is 17.5 Å². The number of alkyl halides is 3. The summed E-state index contributed by atoms with van der Waals surface area (Å²) >= 11 is 1.04. The van der Waals surface area contributed by atoms with E-state index in [1.165, 1.54) is 22.8 Å². The van der Waals surface area contributed by atoms with Crippen molar-refractivity contribution in [3.63, 3.8) is 0 Å². The van der Waals surface area contributed by atoms with Gasteiger partial charge in [0.15, 0.2) is 5.16 Å². The van der Waals surface area contributed by atoms with E-state index in [0.717, 1.165) is 17.8 Å². The van der Waals surface area contributed by atoms with Gasteiger partial charge in [0.05, 0.1) is 27.4 Å². The lowest BCUT2D eigenvalue weighted by Crippen LogP contribution is -2.32. The number of benzene rings is 2. The SMILES string of the molecule is C=CCn1c(SC(C(=O)Nc2ccccc2C(F)(F)F)C(C)C)nc2ccccc2c1=O. The van der Waals surface area contributed by atoms with Gasteiger partial charge in [-0.1, -0.05) is 56.0 Å². The Morgan fingerprint density at radius 2 is 1.84 bits per heavy atom. The summed E-state index contributed by atoms with van der Waals surface area (Å²) in [5.74, 6) is -0.854. The minimum atomic E-state index is -4.60. The second-order valence-electron chi connectivity index (χ2n) is 7.43. The van der Waals surface area contributed by atoms with E-state index >= 15 is 0 Å². The second kappa shape index (κ2) is 9.60. The Morgan fingerprint density at radius 3 is 2.50 bits per heavy atom. The minimum absolute atomic E-state index is 0.183. The third-order valence-electron chi connectivity index (χ3n) is 4.72. The smallest absolute Gasteiger partial charge is 0.325 e. The maximum Gasteiger partial charge on any atom is 0.418 e. The molecule has 0 aliphatic heterocycles. The van der Waals surface area contributed by atoms with Crippen LogP contribution in [0, 0.1) is 5.92 Å². The second-order valence-corrected chi connectivity index (χ2v) is 8.54. The van der Waals surface area contributed by atoms with Gasteiger partial charge in [0.2, 0.25) is 5.91 Å². The molecule has 1 heterocycles. The molecule has 0 aliphatic rings. The van der Waals surface area contributed by atoms with Crippen LogP contribution in [-0.4, -0.2) is 20.7 Å². The first kappa shape index (κ1) is 23.6. The topological polar surface area (TPSA) is 64.0 Å². The maximum atomic E-state index is 13.3. The van der Waals surface area contributed by atoms with Crippen molar-refractivity contribution in [2.45, 2.75) is 37.0 Å². The van der Waals surface area contributed by atoms with Gasteiger partial charge in [-0.05, 0) is 30.2 Å². The molecule has 168 valence electrons. The van der Waals surface area contributed by atoms with Crippen molar-refractivity contribution >= 4 is 34.3 Å². The van der Waals surface area contributed by atoms with E-state index in [-0.39, 0.29) is 23.7 Å². The lowest BCUT2D eigenvalue weighted by atomic mass is 10.1. The van der Waals surface area contributed by atoms with E-state index in [9.17, 15) is 22.8 Å². The molecule has 1 amide bonds. The van der Waals surface area contributed by atoms with Crippen molar-refractivity contribution in [3.8, 4) is 0 Å². The molecule has 1 aromatic heterocycles. The number of anilines is 1. The minimum Gasteiger partial charge on any atom is -0.325 e. The highest BCUT2D eigenvalue weighted by molar-refractivity contribution is 8.00. The Hall–Kier alpha value is -3.07. The third-order valence-corrected chi connectivity index (χ3v) is 6.26. The predicted octanol–water partition coefficient (Wildman–Crippen LogP) is 5.36. The quantitative estimate of drug-likeness (QED) is 0.292. The van der Waals surface area contributed by atoms with E-state index in [1.807, 2.05) is 0 Å². The molecular formula is C23H22F3N3O2S. The van der Waals surface area contributed by atoms with Crippen LogP contribution < -0.4 is 10.9 Å². The fourth-order valence-electron chi connectivity index (χ4n) is 3.18. The molecule has 1 N–H and O–H groups in total. The molecule has 0 saturated carbocycles. The van der Waals surface area contributed by atoms with Crippen LogP contribution in [0.4, 0.5) is 18.9 Å². The lowest BCUT2D eigenvalue weighted by molar-refractivity contribution is -0.137. The number of rotatable bonds is 7. The summed E-state index contributed by atoms with van der Waals surface area (Å²) in [6.07, 6.45) is -3.05. The molecule has 2 aromatic carbocycles. The van der Waals surface area contributed by atoms with Gasteiger partial charge in [0.1, 0.15) is 0 Å². The van der Waals surface area contributed by atoms with Crippen LogP contribution in [0.2, 0.25) is 0 Å². The number of hydrogen-bond acceptors (Lipinski definition) is 4. The van der Waals surface area contributed by atoms with Gasteiger partial charge in [0, 0.05) is 6.54 Å². The fraction of sp³-hybridized carbons (Fsp3) is 0.261. The first-order valence-corrected chi connectivity index (χ1v) is 10.8. The highest BCUT2D eigenvalue weighted by Crippen LogP contribution is 2.35. The van der Waals surface area contributed by atoms with Crippen molar-refractivity contribution in [2.75, 3.05) is 5.32 Å². The normalized spacial score (nSPS) is 12.7. The van der Waals surface area contributed by atoms with Gasteiger partial charge in [-0.2, -0.15) is 13.2 Å². The number of allylic oxidation sites excluding steroid dienone is 1. The average Bonchev–Trinajstić information content (AvgIpc) is 2.73. The van der Waals surface area contributed by atoms with E-state index in [1.54, 1.807) is 44.2 Å². The molecule has 9 heteroatoms. The number of halogens is 3. The van der Waals surface area contributed by atoms with Gasteiger partial charge >= 0.3 is 6.18 Å². The van der Waals surface area contributed by atoms with Crippen molar-refractivity contribution in [1.29, 1.82) is 0 Å². The largest absolute Gasteiger partial charge is 0.418 e. The Morgan fingerprint density at radius 1 is 1.19 bits per heavy atom. The fourth-order valence-corrected chi connectivity index (χ4v) is 4.28. The number of thioether (sulfide) groups is 1.